The molecule has 0 saturated carbocycles. The minimum Gasteiger partial charge on any atom is -0.383 e. The van der Waals surface area contributed by atoms with E-state index in [9.17, 15) is 9.59 Å². The molecule has 1 heterocycles. The maximum absolute atomic E-state index is 12.6. The fourth-order valence-electron chi connectivity index (χ4n) is 2.81. The third-order valence-electron chi connectivity index (χ3n) is 3.79. The molecule has 0 N–H and O–H groups in total. The number of rotatable bonds is 5. The van der Waals surface area contributed by atoms with Gasteiger partial charge in [0.25, 0.3) is 0 Å². The van der Waals surface area contributed by atoms with Gasteiger partial charge < -0.3 is 14.4 Å². The number of nitrogens with zero attached hydrogens (tertiary/aromatic N) is 1. The summed E-state index contributed by atoms with van der Waals surface area (Å²) in [5.41, 5.74) is 1.16. The van der Waals surface area contributed by atoms with Gasteiger partial charge in [-0.2, -0.15) is 0 Å². The summed E-state index contributed by atoms with van der Waals surface area (Å²) in [6, 6.07) is 7.72. The highest BCUT2D eigenvalue weighted by Gasteiger charge is 2.49. The first kappa shape index (κ1) is 13.7. The van der Waals surface area contributed by atoms with Gasteiger partial charge in [-0.15, -0.1) is 0 Å². The maximum atomic E-state index is 12.6. The van der Waals surface area contributed by atoms with Crippen LogP contribution in [-0.4, -0.2) is 32.5 Å². The molecule has 0 bridgehead atoms. The number of methoxy groups -OCH3 is 1. The number of hydrogen-bond acceptors (Lipinski definition) is 3. The number of fused-ring (bicyclic) bond motifs is 1. The second kappa shape index (κ2) is 5.13. The minimum absolute atomic E-state index is 0.0109. The quantitative estimate of drug-likeness (QED) is 0.813. The van der Waals surface area contributed by atoms with Gasteiger partial charge in [0.2, 0.25) is 5.91 Å². The van der Waals surface area contributed by atoms with Crippen molar-refractivity contribution in [2.45, 2.75) is 25.2 Å². The monoisotopic (exact) mass is 261 g/mol. The first-order chi connectivity index (χ1) is 9.03. The molecule has 0 radical (unpaired) electrons. The molecule has 4 nitrogen and oxygen atoms in total. The number of para-hydroxylation sites is 1. The van der Waals surface area contributed by atoms with Crippen molar-refractivity contribution >= 4 is 17.4 Å². The lowest BCUT2D eigenvalue weighted by atomic mass is 9.78. The lowest BCUT2D eigenvalue weighted by Crippen LogP contribution is -2.42. The second-order valence-electron chi connectivity index (χ2n) is 5.10. The van der Waals surface area contributed by atoms with Crippen LogP contribution in [0, 0.1) is 0 Å². The summed E-state index contributed by atoms with van der Waals surface area (Å²) in [7, 11) is 3.36. The van der Waals surface area contributed by atoms with Crippen molar-refractivity contribution in [3.63, 3.8) is 0 Å². The molecule has 0 aromatic heterocycles. The van der Waals surface area contributed by atoms with Gasteiger partial charge in [-0.1, -0.05) is 18.2 Å². The van der Waals surface area contributed by atoms with Crippen LogP contribution in [0.3, 0.4) is 0 Å². The van der Waals surface area contributed by atoms with E-state index in [-0.39, 0.29) is 11.7 Å². The smallest absolute Gasteiger partial charge is 0.239 e. The third kappa shape index (κ3) is 2.16. The molecule has 1 aliphatic heterocycles. The minimum atomic E-state index is -0.717. The Labute approximate surface area is 113 Å². The first-order valence-corrected chi connectivity index (χ1v) is 6.39. The van der Waals surface area contributed by atoms with Gasteiger partial charge in [-0.3, -0.25) is 4.79 Å². The molecule has 0 aliphatic carbocycles. The SMILES string of the molecule is COCC1(CCC(C)=O)C(=O)N(C)c2ccccc21. The highest BCUT2D eigenvalue weighted by molar-refractivity contribution is 6.08. The fraction of sp³-hybridized carbons (Fsp3) is 0.467. The number of amides is 1. The summed E-state index contributed by atoms with van der Waals surface area (Å²) in [4.78, 5) is 25.6. The summed E-state index contributed by atoms with van der Waals surface area (Å²) < 4.78 is 5.28. The third-order valence-corrected chi connectivity index (χ3v) is 3.79. The Bertz CT molecular complexity index is 512. The van der Waals surface area contributed by atoms with Crippen LogP contribution >= 0.6 is 0 Å². The number of carbonyl (C=O) groups excluding carboxylic acids is 2. The van der Waals surface area contributed by atoms with Gasteiger partial charge in [0.1, 0.15) is 11.2 Å². The number of ketones is 1. The van der Waals surface area contributed by atoms with Crippen LogP contribution in [0.5, 0.6) is 0 Å². The number of benzene rings is 1. The van der Waals surface area contributed by atoms with Crippen molar-refractivity contribution in [3.8, 4) is 0 Å². The zero-order chi connectivity index (χ0) is 14.0. The Morgan fingerprint density at radius 3 is 2.68 bits per heavy atom. The van der Waals surface area contributed by atoms with E-state index in [0.717, 1.165) is 11.3 Å². The molecule has 1 unspecified atom stereocenters. The van der Waals surface area contributed by atoms with Gasteiger partial charge in [0, 0.05) is 26.3 Å². The zero-order valence-electron chi connectivity index (χ0n) is 11.6. The van der Waals surface area contributed by atoms with Crippen LogP contribution in [0.1, 0.15) is 25.3 Å². The predicted octanol–water partition coefficient (Wildman–Crippen LogP) is 1.92. The van der Waals surface area contributed by atoms with Crippen LogP contribution in [0.4, 0.5) is 5.69 Å². The Morgan fingerprint density at radius 2 is 2.05 bits per heavy atom. The summed E-state index contributed by atoms with van der Waals surface area (Å²) in [5.74, 6) is 0.104. The lowest BCUT2D eigenvalue weighted by Gasteiger charge is -2.27. The van der Waals surface area contributed by atoms with Crippen molar-refractivity contribution in [1.29, 1.82) is 0 Å². The molecule has 1 amide bonds. The van der Waals surface area contributed by atoms with Crippen molar-refractivity contribution in [2.24, 2.45) is 0 Å². The Morgan fingerprint density at radius 1 is 1.37 bits per heavy atom. The molecule has 0 fully saturated rings. The molecule has 1 atom stereocenters. The van der Waals surface area contributed by atoms with Crippen LogP contribution in [-0.2, 0) is 19.7 Å². The van der Waals surface area contributed by atoms with E-state index >= 15 is 0 Å². The van der Waals surface area contributed by atoms with E-state index in [4.69, 9.17) is 4.74 Å². The number of carbonyl (C=O) groups is 2. The number of Topliss-reactive ketones (excluding diaryl/α,β-unsaturated/α-hetero) is 1. The van der Waals surface area contributed by atoms with E-state index in [2.05, 4.69) is 0 Å². The number of ether oxygens (including phenoxy) is 1. The second-order valence-corrected chi connectivity index (χ2v) is 5.10. The van der Waals surface area contributed by atoms with Crippen molar-refractivity contribution in [3.05, 3.63) is 29.8 Å². The topological polar surface area (TPSA) is 46.6 Å². The van der Waals surface area contributed by atoms with E-state index in [0.29, 0.717) is 19.4 Å². The average Bonchev–Trinajstić information content (AvgIpc) is 2.61. The van der Waals surface area contributed by atoms with Crippen molar-refractivity contribution in [1.82, 2.24) is 0 Å². The predicted molar refractivity (Wildman–Crippen MR) is 73.3 cm³/mol. The Kier molecular flexibility index (Phi) is 3.71. The van der Waals surface area contributed by atoms with Gasteiger partial charge >= 0.3 is 0 Å². The maximum Gasteiger partial charge on any atom is 0.239 e. The summed E-state index contributed by atoms with van der Waals surface area (Å²) in [5, 5.41) is 0. The average molecular weight is 261 g/mol. The highest BCUT2D eigenvalue weighted by atomic mass is 16.5. The van der Waals surface area contributed by atoms with Gasteiger partial charge in [0.05, 0.1) is 6.61 Å². The van der Waals surface area contributed by atoms with E-state index < -0.39 is 5.41 Å². The largest absolute Gasteiger partial charge is 0.383 e. The molecule has 1 aliphatic rings. The number of anilines is 1. The molecular weight excluding hydrogens is 242 g/mol. The Balaban J connectivity index is 2.47. The van der Waals surface area contributed by atoms with Gasteiger partial charge in [0.15, 0.2) is 0 Å². The van der Waals surface area contributed by atoms with E-state index in [1.54, 1.807) is 26.0 Å². The fourth-order valence-corrected chi connectivity index (χ4v) is 2.81. The zero-order valence-corrected chi connectivity index (χ0v) is 11.6. The molecule has 1 aromatic carbocycles. The van der Waals surface area contributed by atoms with E-state index in [1.807, 2.05) is 24.3 Å². The van der Waals surface area contributed by atoms with Crippen LogP contribution in [0.2, 0.25) is 0 Å². The van der Waals surface area contributed by atoms with E-state index in [1.165, 1.54) is 0 Å². The van der Waals surface area contributed by atoms with Crippen LogP contribution < -0.4 is 4.90 Å². The molecular formula is C15H19NO3. The summed E-state index contributed by atoms with van der Waals surface area (Å²) in [6.45, 7) is 1.86. The molecule has 0 spiro atoms. The number of hydrogen-bond donors (Lipinski definition) is 0. The highest BCUT2D eigenvalue weighted by Crippen LogP contribution is 2.44. The van der Waals surface area contributed by atoms with Crippen molar-refractivity contribution in [2.75, 3.05) is 25.7 Å². The number of likely N-dealkylation sites (N-methyl/N-ethyl adjacent to an activating group) is 1. The molecule has 102 valence electrons. The molecule has 19 heavy (non-hydrogen) atoms. The first-order valence-electron chi connectivity index (χ1n) is 6.39. The molecule has 2 rings (SSSR count). The standard InChI is InChI=1S/C15H19NO3/c1-11(17)8-9-15(10-19-3)12-6-4-5-7-13(12)16(2)14(15)18/h4-7H,8-10H2,1-3H3. The summed E-state index contributed by atoms with van der Waals surface area (Å²) in [6.07, 6.45) is 0.883. The molecule has 4 heteroatoms. The molecule has 0 saturated heterocycles. The van der Waals surface area contributed by atoms with Crippen molar-refractivity contribution < 1.29 is 14.3 Å². The summed E-state index contributed by atoms with van der Waals surface area (Å²) >= 11 is 0. The Hall–Kier alpha value is -1.68. The normalized spacial score (nSPS) is 21.6. The van der Waals surface area contributed by atoms with Gasteiger partial charge in [-0.05, 0) is 25.0 Å². The van der Waals surface area contributed by atoms with Gasteiger partial charge in [-0.25, -0.2) is 0 Å². The molecule has 1 aromatic rings. The van der Waals surface area contributed by atoms with Crippen LogP contribution in [0.25, 0.3) is 0 Å². The van der Waals surface area contributed by atoms with Crippen LogP contribution in [0.15, 0.2) is 24.3 Å². The lowest BCUT2D eigenvalue weighted by molar-refractivity contribution is -0.125.